The van der Waals surface area contributed by atoms with Crippen molar-refractivity contribution in [1.29, 1.82) is 0 Å². The van der Waals surface area contributed by atoms with Crippen molar-refractivity contribution in [3.8, 4) is 17.1 Å². The highest BCUT2D eigenvalue weighted by Gasteiger charge is 2.18. The van der Waals surface area contributed by atoms with E-state index < -0.39 is 0 Å². The minimum absolute atomic E-state index is 0.0972. The first-order chi connectivity index (χ1) is 11.2. The molecule has 0 aliphatic heterocycles. The Bertz CT molecular complexity index is 799. The summed E-state index contributed by atoms with van der Waals surface area (Å²) in [6, 6.07) is 18.7. The summed E-state index contributed by atoms with van der Waals surface area (Å²) in [4.78, 5) is 12.5. The van der Waals surface area contributed by atoms with E-state index in [0.717, 1.165) is 29.1 Å². The summed E-state index contributed by atoms with van der Waals surface area (Å²) in [6.07, 6.45) is 0.799. The Morgan fingerprint density at radius 1 is 1.04 bits per heavy atom. The molecule has 0 spiro atoms. The van der Waals surface area contributed by atoms with Gasteiger partial charge in [-0.15, -0.1) is 0 Å². The van der Waals surface area contributed by atoms with E-state index in [9.17, 15) is 4.79 Å². The lowest BCUT2D eigenvalue weighted by Gasteiger charge is -2.03. The van der Waals surface area contributed by atoms with Gasteiger partial charge in [0.15, 0.2) is 5.76 Å². The van der Waals surface area contributed by atoms with Gasteiger partial charge in [-0.3, -0.25) is 4.79 Å². The van der Waals surface area contributed by atoms with Crippen molar-refractivity contribution in [3.05, 3.63) is 77.6 Å². The summed E-state index contributed by atoms with van der Waals surface area (Å²) < 4.78 is 11.1. The molecule has 0 N–H and O–H groups in total. The predicted octanol–water partition coefficient (Wildman–Crippen LogP) is 4.75. The number of hydrogen-bond donors (Lipinski definition) is 0. The first-order valence-electron chi connectivity index (χ1n) is 7.59. The van der Waals surface area contributed by atoms with Crippen LogP contribution in [0, 0.1) is 0 Å². The third kappa shape index (κ3) is 3.04. The molecule has 1 heterocycles. The molecule has 0 fully saturated rings. The average molecular weight is 306 g/mol. The highest BCUT2D eigenvalue weighted by molar-refractivity contribution is 6.07. The summed E-state index contributed by atoms with van der Waals surface area (Å²) in [7, 11) is 1.63. The van der Waals surface area contributed by atoms with Gasteiger partial charge >= 0.3 is 0 Å². The zero-order valence-electron chi connectivity index (χ0n) is 13.2. The second-order valence-electron chi connectivity index (χ2n) is 5.24. The molecule has 3 aromatic rings. The van der Waals surface area contributed by atoms with Crippen LogP contribution in [0.1, 0.15) is 28.6 Å². The second-order valence-corrected chi connectivity index (χ2v) is 5.24. The number of hydrogen-bond acceptors (Lipinski definition) is 3. The van der Waals surface area contributed by atoms with Crippen molar-refractivity contribution in [2.45, 2.75) is 13.3 Å². The van der Waals surface area contributed by atoms with E-state index in [1.54, 1.807) is 19.2 Å². The molecule has 3 nitrogen and oxygen atoms in total. The lowest BCUT2D eigenvalue weighted by Crippen LogP contribution is -1.98. The van der Waals surface area contributed by atoms with Gasteiger partial charge in [0.1, 0.15) is 11.5 Å². The van der Waals surface area contributed by atoms with Crippen LogP contribution in [0.15, 0.2) is 65.1 Å². The van der Waals surface area contributed by atoms with Crippen molar-refractivity contribution in [1.82, 2.24) is 0 Å². The summed E-state index contributed by atoms with van der Waals surface area (Å²) in [5.41, 5.74) is 2.59. The number of ketones is 1. The lowest BCUT2D eigenvalue weighted by molar-refractivity contribution is 0.101. The normalized spacial score (nSPS) is 10.5. The molecule has 116 valence electrons. The maximum absolute atomic E-state index is 12.5. The molecule has 3 rings (SSSR count). The van der Waals surface area contributed by atoms with Crippen LogP contribution in [0.5, 0.6) is 5.75 Å². The van der Waals surface area contributed by atoms with Gasteiger partial charge in [-0.1, -0.05) is 37.3 Å². The lowest BCUT2D eigenvalue weighted by atomic mass is 10.1. The van der Waals surface area contributed by atoms with Gasteiger partial charge < -0.3 is 9.15 Å². The van der Waals surface area contributed by atoms with Crippen LogP contribution in [0.3, 0.4) is 0 Å². The Morgan fingerprint density at radius 2 is 1.74 bits per heavy atom. The molecule has 2 aromatic carbocycles. The number of furan rings is 1. The molecule has 0 unspecified atom stereocenters. The van der Waals surface area contributed by atoms with Gasteiger partial charge in [0.25, 0.3) is 0 Å². The van der Waals surface area contributed by atoms with Crippen molar-refractivity contribution < 1.29 is 13.9 Å². The third-order valence-electron chi connectivity index (χ3n) is 3.80. The van der Waals surface area contributed by atoms with Crippen LogP contribution in [0.4, 0.5) is 0 Å². The monoisotopic (exact) mass is 306 g/mol. The number of benzene rings is 2. The molecule has 0 aliphatic carbocycles. The Labute approximate surface area is 135 Å². The van der Waals surface area contributed by atoms with Gasteiger partial charge in [0.2, 0.25) is 5.78 Å². The maximum atomic E-state index is 12.5. The summed E-state index contributed by atoms with van der Waals surface area (Å²) in [5.74, 6) is 1.81. The highest BCUT2D eigenvalue weighted by Crippen LogP contribution is 2.30. The molecular formula is C20H18O3. The van der Waals surface area contributed by atoms with Crippen molar-refractivity contribution in [2.75, 3.05) is 7.11 Å². The zero-order chi connectivity index (χ0) is 16.2. The van der Waals surface area contributed by atoms with Crippen molar-refractivity contribution in [3.63, 3.8) is 0 Å². The fraction of sp³-hybridized carbons (Fsp3) is 0.150. The number of carbonyl (C=O) groups is 1. The van der Waals surface area contributed by atoms with Crippen molar-refractivity contribution in [2.24, 2.45) is 0 Å². The largest absolute Gasteiger partial charge is 0.497 e. The van der Waals surface area contributed by atoms with Gasteiger partial charge in [0, 0.05) is 11.1 Å². The van der Waals surface area contributed by atoms with Crippen LogP contribution in [0.25, 0.3) is 11.3 Å². The third-order valence-corrected chi connectivity index (χ3v) is 3.80. The van der Waals surface area contributed by atoms with Crippen LogP contribution in [0.2, 0.25) is 0 Å². The number of rotatable bonds is 5. The quantitative estimate of drug-likeness (QED) is 0.639. The topological polar surface area (TPSA) is 39.4 Å². The molecule has 0 saturated carbocycles. The number of methoxy groups -OCH3 is 1. The van der Waals surface area contributed by atoms with Crippen LogP contribution in [-0.4, -0.2) is 12.9 Å². The average Bonchev–Trinajstić information content (AvgIpc) is 3.06. The van der Waals surface area contributed by atoms with E-state index in [0.29, 0.717) is 11.3 Å². The van der Waals surface area contributed by atoms with Crippen molar-refractivity contribution >= 4 is 5.78 Å². The minimum atomic E-state index is -0.0972. The smallest absolute Gasteiger partial charge is 0.228 e. The number of ether oxygens (including phenoxy) is 1. The first kappa shape index (κ1) is 15.1. The van der Waals surface area contributed by atoms with E-state index in [4.69, 9.17) is 9.15 Å². The first-order valence-corrected chi connectivity index (χ1v) is 7.59. The fourth-order valence-corrected chi connectivity index (χ4v) is 2.52. The molecule has 0 amide bonds. The minimum Gasteiger partial charge on any atom is -0.497 e. The standard InChI is InChI=1S/C20H18O3/c1-3-14-13-18(19(21)15-7-5-4-6-8-15)23-20(14)16-9-11-17(22-2)12-10-16/h4-13H,3H2,1-2H3. The molecule has 3 heteroatoms. The summed E-state index contributed by atoms with van der Waals surface area (Å²) >= 11 is 0. The van der Waals surface area contributed by atoms with Gasteiger partial charge in [0.05, 0.1) is 7.11 Å². The SMILES string of the molecule is CCc1cc(C(=O)c2ccccc2)oc1-c1ccc(OC)cc1. The Hall–Kier alpha value is -2.81. The van der Waals surface area contributed by atoms with Crippen LogP contribution >= 0.6 is 0 Å². The molecule has 0 saturated heterocycles. The highest BCUT2D eigenvalue weighted by atomic mass is 16.5. The van der Waals surface area contributed by atoms with E-state index >= 15 is 0 Å². The van der Waals surface area contributed by atoms with Gasteiger partial charge in [-0.05, 0) is 42.3 Å². The maximum Gasteiger partial charge on any atom is 0.228 e. The van der Waals surface area contributed by atoms with E-state index in [1.807, 2.05) is 48.5 Å². The Kier molecular flexibility index (Phi) is 4.29. The molecule has 0 bridgehead atoms. The molecule has 0 aliphatic rings. The molecule has 0 atom stereocenters. The number of carbonyl (C=O) groups excluding carboxylic acids is 1. The van der Waals surface area contributed by atoms with E-state index in [2.05, 4.69) is 6.92 Å². The number of aryl methyl sites for hydroxylation is 1. The van der Waals surface area contributed by atoms with Gasteiger partial charge in [-0.2, -0.15) is 0 Å². The Morgan fingerprint density at radius 3 is 2.35 bits per heavy atom. The predicted molar refractivity (Wildman–Crippen MR) is 89.9 cm³/mol. The zero-order valence-corrected chi connectivity index (χ0v) is 13.2. The van der Waals surface area contributed by atoms with Crippen LogP contribution in [-0.2, 0) is 6.42 Å². The second kappa shape index (κ2) is 6.53. The molecular weight excluding hydrogens is 288 g/mol. The van der Waals surface area contributed by atoms with E-state index in [1.165, 1.54) is 0 Å². The molecule has 23 heavy (non-hydrogen) atoms. The molecule has 1 aromatic heterocycles. The van der Waals surface area contributed by atoms with Gasteiger partial charge in [-0.25, -0.2) is 0 Å². The summed E-state index contributed by atoms with van der Waals surface area (Å²) in [5, 5.41) is 0. The van der Waals surface area contributed by atoms with Crippen LogP contribution < -0.4 is 4.74 Å². The molecule has 0 radical (unpaired) electrons. The van der Waals surface area contributed by atoms with E-state index in [-0.39, 0.29) is 5.78 Å². The fourth-order valence-electron chi connectivity index (χ4n) is 2.52. The Balaban J connectivity index is 1.99. The summed E-state index contributed by atoms with van der Waals surface area (Å²) in [6.45, 7) is 2.05.